The van der Waals surface area contributed by atoms with Crippen molar-refractivity contribution in [2.24, 2.45) is 5.41 Å². The van der Waals surface area contributed by atoms with E-state index in [1.165, 1.54) is 0 Å². The highest BCUT2D eigenvalue weighted by atomic mass is 14.2. The molecular formula is C8H13N. The first kappa shape index (κ1) is 8.23. The van der Waals surface area contributed by atoms with Crippen LogP contribution in [0.5, 0.6) is 0 Å². The predicted octanol–water partition coefficient (Wildman–Crippen LogP) is 2.50. The summed E-state index contributed by atoms with van der Waals surface area (Å²) >= 11 is 0. The van der Waals surface area contributed by atoms with E-state index < -0.39 is 0 Å². The fourth-order valence-electron chi connectivity index (χ4n) is 0.465. The van der Waals surface area contributed by atoms with Crippen molar-refractivity contribution in [2.75, 3.05) is 0 Å². The molecular weight excluding hydrogens is 110 g/mol. The number of nitriles is 1. The van der Waals surface area contributed by atoms with Gasteiger partial charge >= 0.3 is 0 Å². The fraction of sp³-hybridized carbons (Fsp3) is 0.625. The van der Waals surface area contributed by atoms with Gasteiger partial charge in [-0.2, -0.15) is 5.26 Å². The molecule has 0 N–H and O–H groups in total. The average Bonchev–Trinajstić information content (AvgIpc) is 1.63. The number of hydrogen-bond acceptors (Lipinski definition) is 1. The van der Waals surface area contributed by atoms with Crippen LogP contribution in [0, 0.1) is 16.7 Å². The van der Waals surface area contributed by atoms with E-state index in [9.17, 15) is 0 Å². The summed E-state index contributed by atoms with van der Waals surface area (Å²) < 4.78 is 0. The Morgan fingerprint density at radius 1 is 1.44 bits per heavy atom. The Morgan fingerprint density at radius 2 is 2.00 bits per heavy atom. The molecule has 0 saturated carbocycles. The van der Waals surface area contributed by atoms with Gasteiger partial charge in [0.25, 0.3) is 0 Å². The lowest BCUT2D eigenvalue weighted by molar-refractivity contribution is 0.543. The molecule has 0 bridgehead atoms. The Kier molecular flexibility index (Phi) is 3.01. The number of hydrogen-bond donors (Lipinski definition) is 0. The van der Waals surface area contributed by atoms with Crippen molar-refractivity contribution < 1.29 is 0 Å². The molecule has 0 radical (unpaired) electrons. The van der Waals surface area contributed by atoms with Gasteiger partial charge in [-0.25, -0.2) is 0 Å². The zero-order valence-corrected chi connectivity index (χ0v) is 6.31. The highest BCUT2D eigenvalue weighted by Crippen LogP contribution is 2.14. The summed E-state index contributed by atoms with van der Waals surface area (Å²) in [6.45, 7) is 6.34. The third-order valence-electron chi connectivity index (χ3n) is 0.827. The Balaban J connectivity index is 3.61. The average molecular weight is 123 g/mol. The molecule has 0 unspecified atom stereocenters. The lowest BCUT2D eigenvalue weighted by Gasteiger charge is -2.09. The summed E-state index contributed by atoms with van der Waals surface area (Å²) in [5.41, 5.74) is 0.219. The molecule has 0 aromatic carbocycles. The Morgan fingerprint density at radius 3 is 2.33 bits per heavy atom. The molecule has 0 aliphatic carbocycles. The van der Waals surface area contributed by atoms with Crippen molar-refractivity contribution in [1.29, 1.82) is 5.26 Å². The number of nitrogens with zero attached hydrogens (tertiary/aromatic N) is 1. The van der Waals surface area contributed by atoms with Crippen LogP contribution in [-0.4, -0.2) is 0 Å². The molecule has 1 heteroatoms. The van der Waals surface area contributed by atoms with Gasteiger partial charge in [-0.15, -0.1) is 0 Å². The van der Waals surface area contributed by atoms with E-state index in [0.29, 0.717) is 6.42 Å². The predicted molar refractivity (Wildman–Crippen MR) is 38.8 cm³/mol. The minimum Gasteiger partial charge on any atom is -0.198 e. The zero-order valence-electron chi connectivity index (χ0n) is 6.31. The third kappa shape index (κ3) is 7.23. The van der Waals surface area contributed by atoms with Gasteiger partial charge < -0.3 is 0 Å². The van der Waals surface area contributed by atoms with Crippen molar-refractivity contribution in [1.82, 2.24) is 0 Å². The van der Waals surface area contributed by atoms with Crippen LogP contribution in [0.4, 0.5) is 0 Å². The molecule has 50 valence electrons. The van der Waals surface area contributed by atoms with Crippen LogP contribution in [0.1, 0.15) is 27.2 Å². The molecule has 0 saturated heterocycles. The van der Waals surface area contributed by atoms with Gasteiger partial charge in [0.05, 0.1) is 12.5 Å². The van der Waals surface area contributed by atoms with E-state index in [2.05, 4.69) is 32.9 Å². The van der Waals surface area contributed by atoms with E-state index in [0.717, 1.165) is 0 Å². The van der Waals surface area contributed by atoms with E-state index in [1.54, 1.807) is 0 Å². The first-order valence-corrected chi connectivity index (χ1v) is 3.11. The molecule has 0 atom stereocenters. The zero-order chi connectivity index (χ0) is 7.33. The van der Waals surface area contributed by atoms with Crippen molar-refractivity contribution in [3.8, 4) is 6.07 Å². The third-order valence-corrected chi connectivity index (χ3v) is 0.827. The van der Waals surface area contributed by atoms with Crippen molar-refractivity contribution >= 4 is 0 Å². The molecule has 1 nitrogen and oxygen atoms in total. The second-order valence-electron chi connectivity index (χ2n) is 3.13. The maximum Gasteiger partial charge on any atom is 0.0663 e. The Labute approximate surface area is 57.0 Å². The molecule has 0 heterocycles. The van der Waals surface area contributed by atoms with Crippen LogP contribution >= 0.6 is 0 Å². The molecule has 0 aliphatic rings. The van der Waals surface area contributed by atoms with E-state index in [-0.39, 0.29) is 5.41 Å². The lowest BCUT2D eigenvalue weighted by Crippen LogP contribution is -1.97. The van der Waals surface area contributed by atoms with Crippen molar-refractivity contribution in [3.63, 3.8) is 0 Å². The number of rotatable bonds is 1. The summed E-state index contributed by atoms with van der Waals surface area (Å²) in [6.07, 6.45) is 4.48. The van der Waals surface area contributed by atoms with Gasteiger partial charge in [0.15, 0.2) is 0 Å². The van der Waals surface area contributed by atoms with Gasteiger partial charge in [0, 0.05) is 0 Å². The van der Waals surface area contributed by atoms with Gasteiger partial charge in [0.1, 0.15) is 0 Å². The van der Waals surface area contributed by atoms with Gasteiger partial charge in [-0.1, -0.05) is 32.9 Å². The maximum absolute atomic E-state index is 8.16. The monoisotopic (exact) mass is 123 g/mol. The second kappa shape index (κ2) is 3.29. The molecule has 9 heavy (non-hydrogen) atoms. The highest BCUT2D eigenvalue weighted by Gasteiger charge is 2.01. The van der Waals surface area contributed by atoms with Crippen LogP contribution in [0.25, 0.3) is 0 Å². The lowest BCUT2D eigenvalue weighted by atomic mass is 9.96. The second-order valence-corrected chi connectivity index (χ2v) is 3.13. The number of allylic oxidation sites excluding steroid dienone is 2. The summed E-state index contributed by atoms with van der Waals surface area (Å²) in [5.74, 6) is 0. The largest absolute Gasteiger partial charge is 0.198 e. The summed E-state index contributed by atoms with van der Waals surface area (Å²) in [5, 5.41) is 8.16. The molecule has 0 spiro atoms. The van der Waals surface area contributed by atoms with Crippen LogP contribution in [0.15, 0.2) is 12.2 Å². The normalized spacial score (nSPS) is 11.8. The summed E-state index contributed by atoms with van der Waals surface area (Å²) in [7, 11) is 0. The minimum atomic E-state index is 0.219. The van der Waals surface area contributed by atoms with Gasteiger partial charge in [0.2, 0.25) is 0 Å². The Bertz CT molecular complexity index is 132. The quantitative estimate of drug-likeness (QED) is 0.491. The molecule has 0 fully saturated rings. The van der Waals surface area contributed by atoms with E-state index in [1.807, 2.05) is 6.08 Å². The SMILES string of the molecule is CC(C)(C)/C=C\CC#N. The molecule has 0 aromatic heterocycles. The van der Waals surface area contributed by atoms with E-state index >= 15 is 0 Å². The van der Waals surface area contributed by atoms with Crippen LogP contribution in [-0.2, 0) is 0 Å². The van der Waals surface area contributed by atoms with Gasteiger partial charge in [-0.3, -0.25) is 0 Å². The van der Waals surface area contributed by atoms with Crippen LogP contribution in [0.3, 0.4) is 0 Å². The highest BCUT2D eigenvalue weighted by molar-refractivity contribution is 4.96. The summed E-state index contributed by atoms with van der Waals surface area (Å²) in [4.78, 5) is 0. The molecule has 0 rings (SSSR count). The van der Waals surface area contributed by atoms with Gasteiger partial charge in [-0.05, 0) is 5.41 Å². The first-order valence-electron chi connectivity index (χ1n) is 3.11. The smallest absolute Gasteiger partial charge is 0.0663 e. The topological polar surface area (TPSA) is 23.8 Å². The van der Waals surface area contributed by atoms with Crippen molar-refractivity contribution in [2.45, 2.75) is 27.2 Å². The molecule has 0 amide bonds. The van der Waals surface area contributed by atoms with Crippen LogP contribution in [0.2, 0.25) is 0 Å². The van der Waals surface area contributed by atoms with Crippen molar-refractivity contribution in [3.05, 3.63) is 12.2 Å². The standard InChI is InChI=1S/C8H13N/c1-8(2,3)6-4-5-7-9/h4,6H,5H2,1-3H3/b6-4-. The summed E-state index contributed by atoms with van der Waals surface area (Å²) in [6, 6.07) is 2.05. The first-order chi connectivity index (χ1) is 4.06. The maximum atomic E-state index is 8.16. The molecule has 0 aromatic rings. The van der Waals surface area contributed by atoms with Crippen LogP contribution < -0.4 is 0 Å². The Hall–Kier alpha value is -0.770. The fourth-order valence-corrected chi connectivity index (χ4v) is 0.465. The minimum absolute atomic E-state index is 0.219. The molecule has 0 aliphatic heterocycles. The van der Waals surface area contributed by atoms with E-state index in [4.69, 9.17) is 5.26 Å².